The minimum Gasteiger partial charge on any atom is -0.477 e. The summed E-state index contributed by atoms with van der Waals surface area (Å²) in [5, 5.41) is 13.1. The summed E-state index contributed by atoms with van der Waals surface area (Å²) in [6, 6.07) is 7.11. The molecular weight excluding hydrogens is 510 g/mol. The summed E-state index contributed by atoms with van der Waals surface area (Å²) in [6.07, 6.45) is 2.86. The molecule has 5 rings (SSSR count). The number of rotatable bonds is 9. The van der Waals surface area contributed by atoms with E-state index in [2.05, 4.69) is 19.7 Å². The minimum atomic E-state index is -1.34. The molecule has 12 nitrogen and oxygen atoms in total. The molecule has 0 spiro atoms. The molecule has 0 bridgehead atoms. The summed E-state index contributed by atoms with van der Waals surface area (Å²) >= 11 is 1.04. The molecule has 0 saturated carbocycles. The van der Waals surface area contributed by atoms with Gasteiger partial charge in [-0.15, -0.1) is 0 Å². The first-order chi connectivity index (χ1) is 18.4. The van der Waals surface area contributed by atoms with Crippen LogP contribution in [-0.4, -0.2) is 73.7 Å². The molecule has 4 aromatic heterocycles. The Bertz CT molecular complexity index is 1560. The van der Waals surface area contributed by atoms with E-state index < -0.39 is 17.0 Å². The number of carbonyl (C=O) groups is 2. The maximum atomic E-state index is 13.1. The lowest BCUT2D eigenvalue weighted by Gasteiger charge is -2.39. The van der Waals surface area contributed by atoms with Crippen molar-refractivity contribution < 1.29 is 19.4 Å². The lowest BCUT2D eigenvalue weighted by molar-refractivity contribution is -0.125. The molecular formula is C25H25N7O5S. The quantitative estimate of drug-likeness (QED) is 0.304. The summed E-state index contributed by atoms with van der Waals surface area (Å²) in [5.74, 6) is -0.612. The smallest absolute Gasteiger partial charge is 0.341 e. The van der Waals surface area contributed by atoms with Crippen molar-refractivity contribution in [3.05, 3.63) is 58.0 Å². The van der Waals surface area contributed by atoms with Gasteiger partial charge in [0.05, 0.1) is 17.9 Å². The lowest BCUT2D eigenvalue weighted by atomic mass is 9.98. The molecule has 0 atom stereocenters. The van der Waals surface area contributed by atoms with Crippen LogP contribution in [0.2, 0.25) is 0 Å². The number of carbonyl (C=O) groups excluding carboxylic acids is 1. The predicted octanol–water partition coefficient (Wildman–Crippen LogP) is 1.89. The topological polar surface area (TPSA) is 152 Å². The molecule has 5 heterocycles. The monoisotopic (exact) mass is 535 g/mol. The van der Waals surface area contributed by atoms with Crippen LogP contribution in [0, 0.1) is 12.8 Å². The molecule has 0 unspecified atom stereocenters. The zero-order chi connectivity index (χ0) is 26.8. The van der Waals surface area contributed by atoms with Crippen LogP contribution in [0.3, 0.4) is 0 Å². The van der Waals surface area contributed by atoms with Gasteiger partial charge in [0.2, 0.25) is 16.5 Å². The number of anilines is 1. The fourth-order valence-corrected chi connectivity index (χ4v) is 4.87. The number of nitrogens with zero attached hydrogens (tertiary/aromatic N) is 6. The number of fused-ring (bicyclic) bond motifs is 1. The van der Waals surface area contributed by atoms with Crippen molar-refractivity contribution in [3.63, 3.8) is 0 Å². The first kappa shape index (κ1) is 25.4. The highest BCUT2D eigenvalue weighted by Crippen LogP contribution is 2.29. The number of nitrogens with one attached hydrogen (secondary N) is 1. The average Bonchev–Trinajstić information content (AvgIpc) is 3.36. The third-order valence-corrected chi connectivity index (χ3v) is 6.93. The number of ether oxygens (including phenoxy) is 1. The molecule has 1 amide bonds. The van der Waals surface area contributed by atoms with Crippen molar-refractivity contribution in [2.45, 2.75) is 13.8 Å². The van der Waals surface area contributed by atoms with Crippen molar-refractivity contribution in [2.75, 3.05) is 37.7 Å². The Labute approximate surface area is 221 Å². The summed E-state index contributed by atoms with van der Waals surface area (Å²) in [7, 11) is 0. The molecule has 196 valence electrons. The zero-order valence-corrected chi connectivity index (χ0v) is 21.6. The summed E-state index contributed by atoms with van der Waals surface area (Å²) in [5.41, 5.74) is 0.395. The standard InChI is InChI=1S/C25H25N7O5S/c1-3-37-9-8-27-23(34)15-11-31(12-15)18-10-14(2)19-20(33)16(24(35)36)13-32(22(19)28-18)25-29-21(30-38-25)17-6-4-5-7-26-17/h4-7,10,13,15H,3,8-9,11-12H2,1-2H3,(H,27,34)(H,35,36). The van der Waals surface area contributed by atoms with Gasteiger partial charge in [-0.3, -0.25) is 19.1 Å². The highest BCUT2D eigenvalue weighted by atomic mass is 32.1. The Kier molecular flexibility index (Phi) is 7.11. The molecule has 1 fully saturated rings. The number of hydrogen-bond donors (Lipinski definition) is 2. The van der Waals surface area contributed by atoms with Crippen LogP contribution in [0.15, 0.2) is 41.5 Å². The van der Waals surface area contributed by atoms with Gasteiger partial charge in [-0.1, -0.05) is 6.07 Å². The number of pyridine rings is 3. The number of carboxylic acids is 1. The second kappa shape index (κ2) is 10.6. The summed E-state index contributed by atoms with van der Waals surface area (Å²) in [4.78, 5) is 52.9. The van der Waals surface area contributed by atoms with E-state index in [4.69, 9.17) is 9.72 Å². The Morgan fingerprint density at radius 2 is 2.08 bits per heavy atom. The van der Waals surface area contributed by atoms with Gasteiger partial charge in [0.1, 0.15) is 17.1 Å². The van der Waals surface area contributed by atoms with Crippen LogP contribution in [0.5, 0.6) is 0 Å². The highest BCUT2D eigenvalue weighted by molar-refractivity contribution is 7.08. The van der Waals surface area contributed by atoms with E-state index in [1.807, 2.05) is 17.9 Å². The van der Waals surface area contributed by atoms with Crippen LogP contribution in [0.1, 0.15) is 22.8 Å². The van der Waals surface area contributed by atoms with Crippen molar-refractivity contribution >= 4 is 40.3 Å². The Balaban J connectivity index is 1.49. The number of carboxylic acid groups (broad SMARTS) is 1. The number of amides is 1. The predicted molar refractivity (Wildman–Crippen MR) is 141 cm³/mol. The third-order valence-electron chi connectivity index (χ3n) is 6.21. The van der Waals surface area contributed by atoms with Gasteiger partial charge in [0.15, 0.2) is 11.5 Å². The van der Waals surface area contributed by atoms with Crippen LogP contribution < -0.4 is 15.6 Å². The molecule has 2 N–H and O–H groups in total. The molecule has 1 aliphatic heterocycles. The molecule has 4 aromatic rings. The van der Waals surface area contributed by atoms with Crippen molar-refractivity contribution in [2.24, 2.45) is 5.92 Å². The number of aromatic nitrogens is 5. The average molecular weight is 536 g/mol. The SMILES string of the molecule is CCOCCNC(=O)C1CN(c2cc(C)c3c(=O)c(C(=O)O)cn(-c4nc(-c5ccccn5)ns4)c3n2)C1. The van der Waals surface area contributed by atoms with Crippen LogP contribution in [0.4, 0.5) is 5.82 Å². The first-order valence-electron chi connectivity index (χ1n) is 12.0. The largest absolute Gasteiger partial charge is 0.477 e. The maximum Gasteiger partial charge on any atom is 0.341 e. The highest BCUT2D eigenvalue weighted by Gasteiger charge is 2.34. The van der Waals surface area contributed by atoms with E-state index in [-0.39, 0.29) is 22.9 Å². The van der Waals surface area contributed by atoms with Crippen molar-refractivity contribution in [1.29, 1.82) is 0 Å². The second-order valence-corrected chi connectivity index (χ2v) is 9.48. The molecule has 0 aliphatic carbocycles. The molecule has 1 saturated heterocycles. The Morgan fingerprint density at radius 3 is 2.79 bits per heavy atom. The van der Waals surface area contributed by atoms with Gasteiger partial charge >= 0.3 is 5.97 Å². The summed E-state index contributed by atoms with van der Waals surface area (Å²) in [6.45, 7) is 6.10. The van der Waals surface area contributed by atoms with E-state index in [0.717, 1.165) is 11.5 Å². The van der Waals surface area contributed by atoms with E-state index in [0.29, 0.717) is 60.9 Å². The van der Waals surface area contributed by atoms with Gasteiger partial charge in [0.25, 0.3) is 0 Å². The van der Waals surface area contributed by atoms with E-state index in [9.17, 15) is 19.5 Å². The molecule has 38 heavy (non-hydrogen) atoms. The van der Waals surface area contributed by atoms with Gasteiger partial charge in [-0.2, -0.15) is 9.36 Å². The Morgan fingerprint density at radius 1 is 1.26 bits per heavy atom. The van der Waals surface area contributed by atoms with Crippen molar-refractivity contribution in [3.8, 4) is 16.6 Å². The third kappa shape index (κ3) is 4.85. The number of aromatic carboxylic acids is 1. The van der Waals surface area contributed by atoms with E-state index in [1.54, 1.807) is 31.3 Å². The van der Waals surface area contributed by atoms with E-state index in [1.165, 1.54) is 10.8 Å². The molecule has 0 aromatic carbocycles. The van der Waals surface area contributed by atoms with E-state index >= 15 is 0 Å². The summed E-state index contributed by atoms with van der Waals surface area (Å²) < 4.78 is 11.1. The number of aryl methyl sites for hydroxylation is 1. The second-order valence-electron chi connectivity index (χ2n) is 8.75. The van der Waals surface area contributed by atoms with Crippen molar-refractivity contribution in [1.82, 2.24) is 29.2 Å². The molecule has 0 radical (unpaired) electrons. The number of hydrogen-bond acceptors (Lipinski definition) is 10. The minimum absolute atomic E-state index is 0.0441. The first-order valence-corrected chi connectivity index (χ1v) is 12.8. The Hall–Kier alpha value is -4.23. The molecule has 13 heteroatoms. The van der Waals surface area contributed by atoms with Gasteiger partial charge in [-0.05, 0) is 37.6 Å². The van der Waals surface area contributed by atoms with Gasteiger partial charge in [0, 0.05) is 50.2 Å². The van der Waals surface area contributed by atoms with Gasteiger partial charge < -0.3 is 20.1 Å². The van der Waals surface area contributed by atoms with Crippen LogP contribution in [-0.2, 0) is 9.53 Å². The lowest BCUT2D eigenvalue weighted by Crippen LogP contribution is -2.54. The fraction of sp³-hybridized carbons (Fsp3) is 0.320. The maximum absolute atomic E-state index is 13.1. The van der Waals surface area contributed by atoms with Crippen LogP contribution in [0.25, 0.3) is 27.7 Å². The normalized spacial score (nSPS) is 13.5. The van der Waals surface area contributed by atoms with Crippen LogP contribution >= 0.6 is 11.5 Å². The fourth-order valence-electron chi connectivity index (χ4n) is 4.22. The molecule has 1 aliphatic rings. The van der Waals surface area contributed by atoms with Gasteiger partial charge in [-0.25, -0.2) is 9.78 Å². The zero-order valence-electron chi connectivity index (χ0n) is 20.7.